The summed E-state index contributed by atoms with van der Waals surface area (Å²) in [6.45, 7) is 5.20. The number of rotatable bonds is 10. The summed E-state index contributed by atoms with van der Waals surface area (Å²) in [6.07, 6.45) is 9.10. The standard InChI is InChI=1S/C30H42FN3O5/c1-29(9-4-10-29)16-32-28(36)25-18-5-6-19(13-18)26(25)34-27(35)21-14-24(22(31)15-23(21)38-3)39-20-7-11-30(2,12-8-20)17-33-37/h14-15,18-20,25-26H,4-13,16-17H2,1-3H3,(H,32,36)(H,34,35)/t18-,19+,20?,25+,26-,30?/m1/s1. The first kappa shape index (κ1) is 27.8. The Balaban J connectivity index is 1.27. The van der Waals surface area contributed by atoms with Gasteiger partial charge in [0, 0.05) is 18.7 Å². The van der Waals surface area contributed by atoms with Gasteiger partial charge in [-0.25, -0.2) is 4.39 Å². The number of benzene rings is 1. The first-order valence-electron chi connectivity index (χ1n) is 14.6. The van der Waals surface area contributed by atoms with Gasteiger partial charge in [0.15, 0.2) is 11.6 Å². The quantitative estimate of drug-likeness (QED) is 0.386. The lowest BCUT2D eigenvalue weighted by Crippen LogP contribution is -2.51. The summed E-state index contributed by atoms with van der Waals surface area (Å²) >= 11 is 0. The minimum Gasteiger partial charge on any atom is -0.496 e. The second-order valence-corrected chi connectivity index (χ2v) is 13.1. The van der Waals surface area contributed by atoms with Crippen molar-refractivity contribution in [2.45, 2.75) is 90.2 Å². The lowest BCUT2D eigenvalue weighted by molar-refractivity contribution is -0.128. The molecule has 0 aliphatic heterocycles. The molecule has 4 fully saturated rings. The number of fused-ring (bicyclic) bond motifs is 2. The number of hydrogen-bond acceptors (Lipinski definition) is 6. The highest BCUT2D eigenvalue weighted by Gasteiger charge is 2.51. The number of nitrogens with one attached hydrogen (secondary N) is 2. The third-order valence-corrected chi connectivity index (χ3v) is 10.1. The molecule has 5 rings (SSSR count). The fourth-order valence-electron chi connectivity index (χ4n) is 7.35. The van der Waals surface area contributed by atoms with Crippen molar-refractivity contribution in [2.75, 3.05) is 20.2 Å². The maximum absolute atomic E-state index is 15.0. The van der Waals surface area contributed by atoms with E-state index >= 15 is 0 Å². The summed E-state index contributed by atoms with van der Waals surface area (Å²) in [6, 6.07) is 2.36. The second kappa shape index (κ2) is 11.0. The van der Waals surface area contributed by atoms with E-state index in [9.17, 15) is 18.9 Å². The molecule has 4 aliphatic carbocycles. The molecule has 0 radical (unpaired) electrons. The molecule has 2 amide bonds. The molecule has 4 saturated carbocycles. The highest BCUT2D eigenvalue weighted by Crippen LogP contribution is 2.49. The van der Waals surface area contributed by atoms with Crippen LogP contribution in [0.1, 0.15) is 88.4 Å². The van der Waals surface area contributed by atoms with Gasteiger partial charge in [0.2, 0.25) is 5.91 Å². The van der Waals surface area contributed by atoms with Crippen LogP contribution >= 0.6 is 0 Å². The zero-order valence-electron chi connectivity index (χ0n) is 23.4. The van der Waals surface area contributed by atoms with Crippen LogP contribution in [-0.2, 0) is 4.79 Å². The minimum absolute atomic E-state index is 0.0130. The number of carbonyl (C=O) groups excluding carboxylic acids is 2. The van der Waals surface area contributed by atoms with E-state index in [1.807, 2.05) is 6.92 Å². The molecule has 0 unspecified atom stereocenters. The number of nitroso groups, excluding NO2 is 1. The zero-order chi connectivity index (χ0) is 27.8. The van der Waals surface area contributed by atoms with Crippen LogP contribution in [-0.4, -0.2) is 44.2 Å². The van der Waals surface area contributed by atoms with Gasteiger partial charge in [-0.1, -0.05) is 25.4 Å². The molecule has 2 N–H and O–H groups in total. The zero-order valence-corrected chi connectivity index (χ0v) is 23.4. The summed E-state index contributed by atoms with van der Waals surface area (Å²) in [4.78, 5) is 37.6. The SMILES string of the molecule is COc1cc(F)c(OC2CCC(C)(CN=O)CC2)cc1C(=O)N[C@@H]1[C@H]2CC[C@H](C2)[C@@H]1C(=O)NCC1(C)CCC1. The number of carbonyl (C=O) groups is 2. The lowest BCUT2D eigenvalue weighted by Gasteiger charge is -2.39. The van der Waals surface area contributed by atoms with Gasteiger partial charge in [0.25, 0.3) is 5.91 Å². The lowest BCUT2D eigenvalue weighted by atomic mass is 9.70. The third kappa shape index (κ3) is 5.78. The van der Waals surface area contributed by atoms with Crippen molar-refractivity contribution in [2.24, 2.45) is 33.8 Å². The van der Waals surface area contributed by atoms with E-state index in [1.165, 1.54) is 25.7 Å². The molecule has 0 saturated heterocycles. The predicted octanol–water partition coefficient (Wildman–Crippen LogP) is 5.38. The normalized spacial score (nSPS) is 32.7. The van der Waals surface area contributed by atoms with Crippen LogP contribution in [0.2, 0.25) is 0 Å². The number of amides is 2. The molecule has 4 atom stereocenters. The first-order chi connectivity index (χ1) is 18.6. The van der Waals surface area contributed by atoms with Crippen molar-refractivity contribution >= 4 is 11.8 Å². The highest BCUT2D eigenvalue weighted by atomic mass is 19.1. The Hall–Kier alpha value is -2.71. The van der Waals surface area contributed by atoms with Crippen LogP contribution in [0.5, 0.6) is 11.5 Å². The van der Waals surface area contributed by atoms with Crippen molar-refractivity contribution < 1.29 is 23.5 Å². The predicted molar refractivity (Wildman–Crippen MR) is 145 cm³/mol. The summed E-state index contributed by atoms with van der Waals surface area (Å²) in [5.41, 5.74) is 0.236. The van der Waals surface area contributed by atoms with Gasteiger partial charge in [-0.05, 0) is 86.5 Å². The number of hydrogen-bond donors (Lipinski definition) is 2. The largest absolute Gasteiger partial charge is 0.496 e. The van der Waals surface area contributed by atoms with E-state index in [0.29, 0.717) is 19.4 Å². The Morgan fingerprint density at radius 3 is 2.38 bits per heavy atom. The fourth-order valence-corrected chi connectivity index (χ4v) is 7.35. The Kier molecular flexibility index (Phi) is 7.89. The molecule has 2 bridgehead atoms. The Morgan fingerprint density at radius 1 is 1.03 bits per heavy atom. The monoisotopic (exact) mass is 543 g/mol. The number of halogens is 1. The van der Waals surface area contributed by atoms with Gasteiger partial charge in [-0.2, -0.15) is 4.91 Å². The summed E-state index contributed by atoms with van der Waals surface area (Å²) in [7, 11) is 1.41. The van der Waals surface area contributed by atoms with E-state index in [1.54, 1.807) is 0 Å². The first-order valence-corrected chi connectivity index (χ1v) is 14.6. The minimum atomic E-state index is -0.590. The molecular formula is C30H42FN3O5. The molecule has 1 aromatic rings. The molecule has 0 spiro atoms. The Labute approximate surface area is 230 Å². The molecule has 8 nitrogen and oxygen atoms in total. The summed E-state index contributed by atoms with van der Waals surface area (Å²) < 4.78 is 26.4. The Morgan fingerprint density at radius 2 is 1.74 bits per heavy atom. The molecule has 9 heteroatoms. The van der Waals surface area contributed by atoms with Gasteiger partial charge >= 0.3 is 0 Å². The van der Waals surface area contributed by atoms with Gasteiger partial charge in [-0.15, -0.1) is 0 Å². The number of methoxy groups -OCH3 is 1. The molecule has 1 aromatic carbocycles. The Bertz CT molecular complexity index is 1100. The van der Waals surface area contributed by atoms with E-state index < -0.39 is 5.82 Å². The van der Waals surface area contributed by atoms with Crippen LogP contribution in [0.25, 0.3) is 0 Å². The smallest absolute Gasteiger partial charge is 0.255 e. The fraction of sp³-hybridized carbons (Fsp3) is 0.733. The number of nitrogens with zero attached hydrogens (tertiary/aromatic N) is 1. The molecule has 0 heterocycles. The van der Waals surface area contributed by atoms with Crippen LogP contribution in [0.4, 0.5) is 4.39 Å². The molecule has 39 heavy (non-hydrogen) atoms. The maximum Gasteiger partial charge on any atom is 0.255 e. The summed E-state index contributed by atoms with van der Waals surface area (Å²) in [5, 5.41) is 9.39. The third-order valence-electron chi connectivity index (χ3n) is 10.1. The number of ether oxygens (including phenoxy) is 2. The second-order valence-electron chi connectivity index (χ2n) is 13.1. The average Bonchev–Trinajstić information content (AvgIpc) is 3.50. The molecule has 4 aliphatic rings. The topological polar surface area (TPSA) is 106 Å². The highest BCUT2D eigenvalue weighted by molar-refractivity contribution is 5.98. The van der Waals surface area contributed by atoms with Crippen LogP contribution in [0, 0.1) is 39.3 Å². The van der Waals surface area contributed by atoms with Crippen molar-refractivity contribution in [3.8, 4) is 11.5 Å². The van der Waals surface area contributed by atoms with Crippen LogP contribution in [0.3, 0.4) is 0 Å². The van der Waals surface area contributed by atoms with E-state index in [2.05, 4.69) is 22.7 Å². The van der Waals surface area contributed by atoms with Gasteiger partial charge in [-0.3, -0.25) is 9.59 Å². The van der Waals surface area contributed by atoms with Crippen molar-refractivity contribution in [3.05, 3.63) is 28.4 Å². The van der Waals surface area contributed by atoms with Gasteiger partial charge < -0.3 is 20.1 Å². The summed E-state index contributed by atoms with van der Waals surface area (Å²) in [5.74, 6) is -0.518. The van der Waals surface area contributed by atoms with Crippen LogP contribution < -0.4 is 20.1 Å². The van der Waals surface area contributed by atoms with E-state index in [4.69, 9.17) is 9.47 Å². The van der Waals surface area contributed by atoms with Crippen molar-refractivity contribution in [1.82, 2.24) is 10.6 Å². The van der Waals surface area contributed by atoms with Crippen LogP contribution in [0.15, 0.2) is 17.3 Å². The van der Waals surface area contributed by atoms with Gasteiger partial charge in [0.05, 0.1) is 31.2 Å². The maximum atomic E-state index is 15.0. The van der Waals surface area contributed by atoms with Gasteiger partial charge in [0.1, 0.15) is 5.75 Å². The molecular weight excluding hydrogens is 501 g/mol. The van der Waals surface area contributed by atoms with E-state index in [-0.39, 0.29) is 76.2 Å². The van der Waals surface area contributed by atoms with Crippen molar-refractivity contribution in [1.29, 1.82) is 0 Å². The van der Waals surface area contributed by atoms with Crippen molar-refractivity contribution in [3.63, 3.8) is 0 Å². The van der Waals surface area contributed by atoms with E-state index in [0.717, 1.165) is 44.9 Å². The average molecular weight is 544 g/mol. The molecule has 0 aromatic heterocycles. The molecule has 214 valence electrons.